The molecule has 0 aromatic carbocycles. The monoisotopic (exact) mass is 441 g/mol. The van der Waals surface area contributed by atoms with Gasteiger partial charge in [-0.3, -0.25) is 4.79 Å². The van der Waals surface area contributed by atoms with E-state index in [9.17, 15) is 4.79 Å². The molecule has 9 nitrogen and oxygen atoms in total. The van der Waals surface area contributed by atoms with Crippen molar-refractivity contribution >= 4 is 17.9 Å². The molecular weight excluding hydrogens is 406 g/mol. The summed E-state index contributed by atoms with van der Waals surface area (Å²) < 4.78 is 5.47. The second-order valence-corrected chi connectivity index (χ2v) is 9.20. The van der Waals surface area contributed by atoms with E-state index in [1.165, 1.54) is 12.8 Å². The Morgan fingerprint density at radius 2 is 1.84 bits per heavy atom. The van der Waals surface area contributed by atoms with Crippen molar-refractivity contribution in [3.63, 3.8) is 0 Å². The fourth-order valence-corrected chi connectivity index (χ4v) is 4.53. The number of hydrogen-bond acceptors (Lipinski definition) is 8. The third-order valence-corrected chi connectivity index (χ3v) is 6.66. The molecule has 2 aromatic rings. The minimum atomic E-state index is -0.0270. The average molecular weight is 442 g/mol. The number of carbonyl (C=O) groups is 1. The molecule has 2 aliphatic rings. The largest absolute Gasteiger partial charge is 0.341 e. The maximum absolute atomic E-state index is 13.0. The van der Waals surface area contributed by atoms with Crippen LogP contribution in [0.25, 0.3) is 0 Å². The molecule has 4 rings (SSSR count). The second kappa shape index (κ2) is 10.3. The van der Waals surface area contributed by atoms with Gasteiger partial charge in [0.05, 0.1) is 5.56 Å². The van der Waals surface area contributed by atoms with Crippen LogP contribution in [0.1, 0.15) is 68.6 Å². The molecule has 0 saturated carbocycles. The van der Waals surface area contributed by atoms with E-state index in [4.69, 9.17) is 4.52 Å². The third-order valence-electron chi connectivity index (χ3n) is 6.66. The number of aromatic nitrogens is 4. The second-order valence-electron chi connectivity index (χ2n) is 9.20. The molecule has 1 atom stereocenters. The van der Waals surface area contributed by atoms with Crippen molar-refractivity contribution < 1.29 is 9.32 Å². The van der Waals surface area contributed by atoms with Crippen molar-refractivity contribution in [2.75, 3.05) is 43.0 Å². The van der Waals surface area contributed by atoms with Gasteiger partial charge in [0, 0.05) is 58.1 Å². The van der Waals surface area contributed by atoms with Crippen LogP contribution in [-0.4, -0.2) is 70.2 Å². The van der Waals surface area contributed by atoms with Gasteiger partial charge in [0.15, 0.2) is 5.82 Å². The summed E-state index contributed by atoms with van der Waals surface area (Å²) in [5.41, 5.74) is 0.541. The van der Waals surface area contributed by atoms with E-state index in [0.29, 0.717) is 17.5 Å². The van der Waals surface area contributed by atoms with Crippen LogP contribution in [0.4, 0.5) is 12.0 Å². The fraction of sp³-hybridized carbons (Fsp3) is 0.696. The van der Waals surface area contributed by atoms with Crippen LogP contribution in [0, 0.1) is 5.92 Å². The predicted octanol–water partition coefficient (Wildman–Crippen LogP) is 3.18. The molecule has 1 amide bonds. The van der Waals surface area contributed by atoms with E-state index in [1.54, 1.807) is 12.4 Å². The Morgan fingerprint density at radius 3 is 2.50 bits per heavy atom. The van der Waals surface area contributed by atoms with Crippen LogP contribution in [0.3, 0.4) is 0 Å². The quantitative estimate of drug-likeness (QED) is 0.577. The maximum Gasteiger partial charge on any atom is 0.324 e. The average Bonchev–Trinajstić information content (AvgIpc) is 3.48. The zero-order chi connectivity index (χ0) is 22.5. The highest BCUT2D eigenvalue weighted by atomic mass is 16.5. The van der Waals surface area contributed by atoms with Gasteiger partial charge in [0.25, 0.3) is 5.91 Å². The van der Waals surface area contributed by atoms with Gasteiger partial charge in [-0.2, -0.15) is 4.98 Å². The lowest BCUT2D eigenvalue weighted by molar-refractivity contribution is 0.0707. The topological polar surface area (TPSA) is 91.5 Å². The number of piperidine rings is 1. The number of rotatable bonds is 8. The maximum atomic E-state index is 13.0. The van der Waals surface area contributed by atoms with Crippen LogP contribution in [0.15, 0.2) is 16.9 Å². The van der Waals surface area contributed by atoms with Crippen LogP contribution in [-0.2, 0) is 6.42 Å². The molecule has 0 spiro atoms. The first-order valence-corrected chi connectivity index (χ1v) is 12.0. The smallest absolute Gasteiger partial charge is 0.324 e. The SMILES string of the molecule is CCCCCc1noc(N2CCC(N(C)C(=O)c3cnc(N4CCC(C)C4)nc3)CC2)n1. The van der Waals surface area contributed by atoms with Crippen LogP contribution >= 0.6 is 0 Å². The summed E-state index contributed by atoms with van der Waals surface area (Å²) in [4.78, 5) is 32.6. The van der Waals surface area contributed by atoms with Gasteiger partial charge in [0.1, 0.15) is 0 Å². The van der Waals surface area contributed by atoms with Crippen molar-refractivity contribution in [3.05, 3.63) is 23.8 Å². The van der Waals surface area contributed by atoms with Gasteiger partial charge in [-0.25, -0.2) is 9.97 Å². The first kappa shape index (κ1) is 22.5. The Morgan fingerprint density at radius 1 is 1.12 bits per heavy atom. The van der Waals surface area contributed by atoms with E-state index in [1.807, 2.05) is 11.9 Å². The van der Waals surface area contributed by atoms with Crippen molar-refractivity contribution in [1.29, 1.82) is 0 Å². The van der Waals surface area contributed by atoms with Crippen molar-refractivity contribution in [1.82, 2.24) is 25.0 Å². The molecule has 4 heterocycles. The Hall–Kier alpha value is -2.71. The zero-order valence-corrected chi connectivity index (χ0v) is 19.5. The Bertz CT molecular complexity index is 877. The Balaban J connectivity index is 1.28. The van der Waals surface area contributed by atoms with Gasteiger partial charge < -0.3 is 19.2 Å². The molecule has 0 aliphatic carbocycles. The molecule has 2 aliphatic heterocycles. The van der Waals surface area contributed by atoms with Crippen LogP contribution in [0.5, 0.6) is 0 Å². The van der Waals surface area contributed by atoms with E-state index >= 15 is 0 Å². The molecule has 0 bridgehead atoms. The minimum Gasteiger partial charge on any atom is -0.341 e. The summed E-state index contributed by atoms with van der Waals surface area (Å²) in [6, 6.07) is 0.772. The minimum absolute atomic E-state index is 0.0270. The first-order chi connectivity index (χ1) is 15.5. The van der Waals surface area contributed by atoms with Crippen molar-refractivity contribution in [3.8, 4) is 0 Å². The zero-order valence-electron chi connectivity index (χ0n) is 19.5. The van der Waals surface area contributed by atoms with Crippen molar-refractivity contribution in [2.24, 2.45) is 5.92 Å². The number of unbranched alkanes of at least 4 members (excludes halogenated alkanes) is 2. The van der Waals surface area contributed by atoms with E-state index in [-0.39, 0.29) is 11.9 Å². The number of aryl methyl sites for hydroxylation is 1. The first-order valence-electron chi connectivity index (χ1n) is 12.0. The number of nitrogens with zero attached hydrogens (tertiary/aromatic N) is 7. The summed E-state index contributed by atoms with van der Waals surface area (Å²) in [7, 11) is 1.87. The molecule has 174 valence electrons. The predicted molar refractivity (Wildman–Crippen MR) is 123 cm³/mol. The third kappa shape index (κ3) is 5.19. The van der Waals surface area contributed by atoms with E-state index in [2.05, 4.69) is 43.8 Å². The van der Waals surface area contributed by atoms with Crippen molar-refractivity contribution in [2.45, 2.75) is 64.8 Å². The fourth-order valence-electron chi connectivity index (χ4n) is 4.53. The standard InChI is InChI=1S/C23H35N7O2/c1-4-5-6-7-20-26-23(32-27-20)29-12-9-19(10-13-29)28(3)21(31)18-14-24-22(25-15-18)30-11-8-17(2)16-30/h14-15,17,19H,4-13,16H2,1-3H3. The molecule has 32 heavy (non-hydrogen) atoms. The summed E-state index contributed by atoms with van der Waals surface area (Å²) in [6.45, 7) is 7.97. The molecule has 1 unspecified atom stereocenters. The molecular formula is C23H35N7O2. The summed E-state index contributed by atoms with van der Waals surface area (Å²) in [5.74, 6) is 2.14. The van der Waals surface area contributed by atoms with Crippen LogP contribution < -0.4 is 9.80 Å². The summed E-state index contributed by atoms with van der Waals surface area (Å²) in [5, 5.41) is 4.12. The van der Waals surface area contributed by atoms with E-state index < -0.39 is 0 Å². The Kier molecular flexibility index (Phi) is 7.22. The van der Waals surface area contributed by atoms with Gasteiger partial charge in [0.2, 0.25) is 5.95 Å². The normalized spacial score (nSPS) is 19.5. The molecule has 2 fully saturated rings. The number of amides is 1. The van der Waals surface area contributed by atoms with E-state index in [0.717, 1.165) is 70.1 Å². The number of hydrogen-bond donors (Lipinski definition) is 0. The molecule has 2 aromatic heterocycles. The van der Waals surface area contributed by atoms with Crippen LogP contribution in [0.2, 0.25) is 0 Å². The Labute approximate surface area is 190 Å². The number of anilines is 2. The van der Waals surface area contributed by atoms with Gasteiger partial charge >= 0.3 is 6.01 Å². The lowest BCUT2D eigenvalue weighted by Gasteiger charge is -2.35. The molecule has 0 radical (unpaired) electrons. The summed E-state index contributed by atoms with van der Waals surface area (Å²) in [6.07, 6.45) is 10.5. The lowest BCUT2D eigenvalue weighted by Crippen LogP contribution is -2.45. The molecule has 9 heteroatoms. The van der Waals surface area contributed by atoms with Gasteiger partial charge in [-0.1, -0.05) is 31.8 Å². The molecule has 2 saturated heterocycles. The highest BCUT2D eigenvalue weighted by Gasteiger charge is 2.29. The number of carbonyl (C=O) groups excluding carboxylic acids is 1. The van der Waals surface area contributed by atoms with Gasteiger partial charge in [-0.05, 0) is 31.6 Å². The van der Waals surface area contributed by atoms with Gasteiger partial charge in [-0.15, -0.1) is 0 Å². The highest BCUT2D eigenvalue weighted by molar-refractivity contribution is 5.93. The molecule has 0 N–H and O–H groups in total. The lowest BCUT2D eigenvalue weighted by atomic mass is 10.0. The highest BCUT2D eigenvalue weighted by Crippen LogP contribution is 2.23. The summed E-state index contributed by atoms with van der Waals surface area (Å²) >= 11 is 0.